The summed E-state index contributed by atoms with van der Waals surface area (Å²) in [5.41, 5.74) is 7.82. The van der Waals surface area contributed by atoms with Crippen molar-refractivity contribution in [1.29, 1.82) is 0 Å². The molecule has 0 spiro atoms. The number of nitrogens with one attached hydrogen (secondary N) is 1. The van der Waals surface area contributed by atoms with Crippen molar-refractivity contribution in [2.75, 3.05) is 25.5 Å². The van der Waals surface area contributed by atoms with Gasteiger partial charge in [-0.25, -0.2) is 4.98 Å². The van der Waals surface area contributed by atoms with E-state index in [-0.39, 0.29) is 0 Å². The maximum absolute atomic E-state index is 4.86. The van der Waals surface area contributed by atoms with Crippen LogP contribution >= 0.6 is 0 Å². The average Bonchev–Trinajstić information content (AvgIpc) is 3.34. The third-order valence-electron chi connectivity index (χ3n) is 5.93. The number of rotatable bonds is 8. The smallest absolute Gasteiger partial charge is 0.160 e. The molecule has 0 saturated carbocycles. The number of benzene rings is 2. The van der Waals surface area contributed by atoms with E-state index in [0.29, 0.717) is 0 Å². The highest BCUT2D eigenvalue weighted by atomic mass is 15.3. The summed E-state index contributed by atoms with van der Waals surface area (Å²) >= 11 is 0. The first kappa shape index (κ1) is 32.4. The lowest BCUT2D eigenvalue weighted by atomic mass is 10.1. The van der Waals surface area contributed by atoms with Gasteiger partial charge in [0, 0.05) is 43.0 Å². The van der Waals surface area contributed by atoms with Crippen molar-refractivity contribution in [1.82, 2.24) is 19.5 Å². The van der Waals surface area contributed by atoms with E-state index in [1.807, 2.05) is 63.5 Å². The normalized spacial score (nSPS) is 9.71. The Hall–Kier alpha value is -3.60. The minimum absolute atomic E-state index is 0.868. The van der Waals surface area contributed by atoms with Crippen LogP contribution < -0.4 is 5.32 Å². The molecule has 2 aromatic heterocycles. The van der Waals surface area contributed by atoms with E-state index in [1.165, 1.54) is 16.8 Å². The quantitative estimate of drug-likeness (QED) is 0.238. The van der Waals surface area contributed by atoms with Crippen molar-refractivity contribution in [2.45, 2.75) is 68.2 Å². The molecular weight excluding hydrogens is 466 g/mol. The number of allylic oxidation sites excluding steroid dienone is 1. The molecule has 38 heavy (non-hydrogen) atoms. The molecule has 0 atom stereocenters. The van der Waals surface area contributed by atoms with Crippen LogP contribution in [0.25, 0.3) is 16.9 Å². The fourth-order valence-corrected chi connectivity index (χ4v) is 3.69. The van der Waals surface area contributed by atoms with Crippen molar-refractivity contribution in [3.63, 3.8) is 0 Å². The van der Waals surface area contributed by atoms with Crippen molar-refractivity contribution >= 4 is 11.5 Å². The van der Waals surface area contributed by atoms with Gasteiger partial charge in [0.15, 0.2) is 5.65 Å². The van der Waals surface area contributed by atoms with E-state index >= 15 is 0 Å². The van der Waals surface area contributed by atoms with Gasteiger partial charge in [-0.15, -0.1) is 0 Å². The third-order valence-corrected chi connectivity index (χ3v) is 5.93. The second-order valence-corrected chi connectivity index (χ2v) is 8.68. The topological polar surface area (TPSA) is 45.5 Å². The van der Waals surface area contributed by atoms with Crippen LogP contribution in [0.4, 0.5) is 5.82 Å². The zero-order chi connectivity index (χ0) is 28.5. The maximum Gasteiger partial charge on any atom is 0.160 e. The van der Waals surface area contributed by atoms with Crippen molar-refractivity contribution in [3.8, 4) is 11.3 Å². The number of hydrogen-bond donors (Lipinski definition) is 1. The zero-order valence-electron chi connectivity index (χ0n) is 25.2. The summed E-state index contributed by atoms with van der Waals surface area (Å²) in [5, 5.41) is 8.04. The maximum atomic E-state index is 4.86. The Balaban J connectivity index is 0.000000554. The molecule has 4 aromatic rings. The molecule has 1 N–H and O–H groups in total. The van der Waals surface area contributed by atoms with Crippen LogP contribution in [0.3, 0.4) is 0 Å². The summed E-state index contributed by atoms with van der Waals surface area (Å²) in [6, 6.07) is 20.7. The Morgan fingerprint density at radius 1 is 0.921 bits per heavy atom. The molecule has 5 heteroatoms. The Kier molecular flexibility index (Phi) is 15.2. The third kappa shape index (κ3) is 9.70. The number of fused-ring (bicyclic) bond motifs is 1. The number of anilines is 1. The highest BCUT2D eigenvalue weighted by molar-refractivity contribution is 5.70. The standard InChI is InChI=1S/C22H29N5.C7H8.2C2H6/c1-6-18(4)26(5)13-9-12-23-21-14-20(19-11-8-7-10-16(19)2)25-22-17(3)15-24-27(21)22;1-7-5-3-2-4-6-7;2*1-2/h7-8,10-11,14-15,23H,4,6,9,12-13H2,1-3,5H3;2-6H,1H3;2*1-2H3. The SMILES string of the molecule is C=C(CC)N(C)CCCNc1cc(-c2ccccc2C)nc2c(C)cnn12.CC.CC.Cc1ccccc1. The molecule has 0 aliphatic heterocycles. The minimum atomic E-state index is 0.868. The number of nitrogens with zero attached hydrogens (tertiary/aromatic N) is 4. The molecular formula is C33H49N5. The first-order valence-corrected chi connectivity index (χ1v) is 14.0. The van der Waals surface area contributed by atoms with Crippen LogP contribution in [0, 0.1) is 20.8 Å². The van der Waals surface area contributed by atoms with Gasteiger partial charge in [0.05, 0.1) is 11.9 Å². The summed E-state index contributed by atoms with van der Waals surface area (Å²) in [5.74, 6) is 0.975. The molecule has 0 fully saturated rings. The van der Waals surface area contributed by atoms with E-state index in [1.54, 1.807) is 0 Å². The predicted octanol–water partition coefficient (Wildman–Crippen LogP) is 8.72. The number of aromatic nitrogens is 3. The fourth-order valence-electron chi connectivity index (χ4n) is 3.69. The summed E-state index contributed by atoms with van der Waals surface area (Å²) in [6.45, 7) is 22.3. The Labute approximate surface area is 231 Å². The van der Waals surface area contributed by atoms with Crippen LogP contribution in [0.5, 0.6) is 0 Å². The van der Waals surface area contributed by atoms with Crippen LogP contribution in [0.2, 0.25) is 0 Å². The van der Waals surface area contributed by atoms with Crippen LogP contribution in [-0.2, 0) is 0 Å². The zero-order valence-corrected chi connectivity index (χ0v) is 25.2. The van der Waals surface area contributed by atoms with Crippen LogP contribution in [0.15, 0.2) is 79.1 Å². The Bertz CT molecular complexity index is 1210. The van der Waals surface area contributed by atoms with Gasteiger partial charge in [0.25, 0.3) is 0 Å². The molecule has 206 valence electrons. The van der Waals surface area contributed by atoms with Crippen LogP contribution in [0.1, 0.15) is 64.2 Å². The van der Waals surface area contributed by atoms with Gasteiger partial charge in [-0.3, -0.25) is 0 Å². The molecule has 0 amide bonds. The molecule has 0 radical (unpaired) electrons. The van der Waals surface area contributed by atoms with Gasteiger partial charge in [-0.1, -0.05) is 101 Å². The molecule has 5 nitrogen and oxygen atoms in total. The van der Waals surface area contributed by atoms with E-state index in [9.17, 15) is 0 Å². The largest absolute Gasteiger partial charge is 0.378 e. The van der Waals surface area contributed by atoms with Crippen LogP contribution in [-0.4, -0.2) is 39.6 Å². The van der Waals surface area contributed by atoms with Gasteiger partial charge >= 0.3 is 0 Å². The summed E-state index contributed by atoms with van der Waals surface area (Å²) in [7, 11) is 2.10. The van der Waals surface area contributed by atoms with Gasteiger partial charge in [-0.2, -0.15) is 9.61 Å². The van der Waals surface area contributed by atoms with Gasteiger partial charge in [-0.05, 0) is 39.2 Å². The monoisotopic (exact) mass is 515 g/mol. The Morgan fingerprint density at radius 3 is 2.13 bits per heavy atom. The minimum Gasteiger partial charge on any atom is -0.378 e. The number of aryl methyl sites for hydroxylation is 3. The molecule has 2 heterocycles. The van der Waals surface area contributed by atoms with E-state index in [0.717, 1.165) is 54.2 Å². The van der Waals surface area contributed by atoms with E-state index in [4.69, 9.17) is 4.98 Å². The summed E-state index contributed by atoms with van der Waals surface area (Å²) in [6.07, 6.45) is 3.88. The highest BCUT2D eigenvalue weighted by Gasteiger charge is 2.12. The lowest BCUT2D eigenvalue weighted by Gasteiger charge is -2.21. The lowest BCUT2D eigenvalue weighted by Crippen LogP contribution is -2.20. The summed E-state index contributed by atoms with van der Waals surface area (Å²) in [4.78, 5) is 7.08. The molecule has 0 bridgehead atoms. The number of hydrogen-bond acceptors (Lipinski definition) is 4. The molecule has 4 rings (SSSR count). The first-order chi connectivity index (χ1) is 18.4. The molecule has 0 unspecified atom stereocenters. The van der Waals surface area contributed by atoms with Crippen molar-refractivity contribution in [3.05, 3.63) is 95.8 Å². The van der Waals surface area contributed by atoms with E-state index in [2.05, 4.69) is 92.2 Å². The Morgan fingerprint density at radius 2 is 1.55 bits per heavy atom. The second-order valence-electron chi connectivity index (χ2n) is 8.68. The fraction of sp³-hybridized carbons (Fsp3) is 0.394. The predicted molar refractivity (Wildman–Crippen MR) is 167 cm³/mol. The van der Waals surface area contributed by atoms with Crippen molar-refractivity contribution in [2.24, 2.45) is 0 Å². The van der Waals surface area contributed by atoms with Gasteiger partial charge < -0.3 is 10.2 Å². The highest BCUT2D eigenvalue weighted by Crippen LogP contribution is 2.26. The molecule has 2 aromatic carbocycles. The van der Waals surface area contributed by atoms with E-state index < -0.39 is 0 Å². The van der Waals surface area contributed by atoms with Gasteiger partial charge in [0.1, 0.15) is 5.82 Å². The lowest BCUT2D eigenvalue weighted by molar-refractivity contribution is 0.403. The molecule has 0 aliphatic rings. The first-order valence-electron chi connectivity index (χ1n) is 14.0. The summed E-state index contributed by atoms with van der Waals surface area (Å²) < 4.78 is 1.89. The van der Waals surface area contributed by atoms with Gasteiger partial charge in [0.2, 0.25) is 0 Å². The van der Waals surface area contributed by atoms with Crippen molar-refractivity contribution < 1.29 is 0 Å². The molecule has 0 aliphatic carbocycles. The molecule has 0 saturated heterocycles. The average molecular weight is 516 g/mol. The second kappa shape index (κ2) is 17.8.